The van der Waals surface area contributed by atoms with E-state index < -0.39 is 37.7 Å². The van der Waals surface area contributed by atoms with Crippen molar-refractivity contribution >= 4 is 33.3 Å². The van der Waals surface area contributed by atoms with E-state index >= 15 is 0 Å². The van der Waals surface area contributed by atoms with E-state index in [1.165, 1.54) is 11.1 Å². The van der Waals surface area contributed by atoms with Crippen LogP contribution in [0.3, 0.4) is 0 Å². The van der Waals surface area contributed by atoms with Crippen LogP contribution in [-0.4, -0.2) is 54.8 Å². The van der Waals surface area contributed by atoms with Gasteiger partial charge in [0.1, 0.15) is 0 Å². The average Bonchev–Trinajstić information content (AvgIpc) is 2.68. The molecule has 7 nitrogen and oxygen atoms in total. The Labute approximate surface area is 170 Å². The minimum Gasteiger partial charge on any atom is -0.322 e. The number of halogens is 4. The summed E-state index contributed by atoms with van der Waals surface area (Å²) in [6.07, 6.45) is -1.75. The van der Waals surface area contributed by atoms with Gasteiger partial charge < -0.3 is 10.2 Å². The highest BCUT2D eigenvalue weighted by atomic mass is 35.5. The third-order valence-corrected chi connectivity index (χ3v) is 6.54. The Balaban J connectivity index is 1.69. The first kappa shape index (κ1) is 21.3. The van der Waals surface area contributed by atoms with Crippen molar-refractivity contribution in [3.05, 3.63) is 53.3 Å². The van der Waals surface area contributed by atoms with Crippen molar-refractivity contribution < 1.29 is 26.4 Å². The van der Waals surface area contributed by atoms with Crippen molar-refractivity contribution in [1.82, 2.24) is 14.2 Å². The smallest absolute Gasteiger partial charge is 0.322 e. The number of amides is 2. The van der Waals surface area contributed by atoms with E-state index in [-0.39, 0.29) is 26.2 Å². The van der Waals surface area contributed by atoms with Crippen molar-refractivity contribution in [2.24, 2.45) is 0 Å². The van der Waals surface area contributed by atoms with Crippen LogP contribution in [0.2, 0.25) is 5.02 Å². The van der Waals surface area contributed by atoms with Gasteiger partial charge >= 0.3 is 12.2 Å². The fraction of sp³-hybridized carbons (Fsp3) is 0.294. The van der Waals surface area contributed by atoms with Crippen molar-refractivity contribution in [2.75, 3.05) is 31.5 Å². The number of nitrogens with one attached hydrogen (secondary N) is 1. The highest BCUT2D eigenvalue weighted by Gasteiger charge is 2.36. The van der Waals surface area contributed by atoms with E-state index in [9.17, 15) is 26.4 Å². The lowest BCUT2D eigenvalue weighted by molar-refractivity contribution is -0.137. The van der Waals surface area contributed by atoms with E-state index in [4.69, 9.17) is 11.6 Å². The number of benzene rings is 1. The number of hydrogen-bond donors (Lipinski definition) is 1. The first-order chi connectivity index (χ1) is 13.6. The van der Waals surface area contributed by atoms with Gasteiger partial charge in [-0.3, -0.25) is 4.98 Å². The van der Waals surface area contributed by atoms with Gasteiger partial charge in [0.2, 0.25) is 10.0 Å². The number of sulfonamides is 1. The number of carbonyl (C=O) groups is 1. The quantitative estimate of drug-likeness (QED) is 0.781. The van der Waals surface area contributed by atoms with Gasteiger partial charge in [0.15, 0.2) is 0 Å². The number of pyridine rings is 1. The van der Waals surface area contributed by atoms with Crippen LogP contribution in [0.15, 0.2) is 47.6 Å². The van der Waals surface area contributed by atoms with Crippen molar-refractivity contribution in [3.63, 3.8) is 0 Å². The third-order valence-electron chi connectivity index (χ3n) is 4.32. The molecule has 2 heterocycles. The zero-order valence-electron chi connectivity index (χ0n) is 14.9. The van der Waals surface area contributed by atoms with Crippen molar-refractivity contribution in [1.29, 1.82) is 0 Å². The Morgan fingerprint density at radius 1 is 1.14 bits per heavy atom. The molecule has 156 valence electrons. The second kappa shape index (κ2) is 8.17. The van der Waals surface area contributed by atoms with Crippen LogP contribution < -0.4 is 5.32 Å². The summed E-state index contributed by atoms with van der Waals surface area (Å²) in [5.41, 5.74) is -0.719. The Kier molecular flexibility index (Phi) is 6.01. The monoisotopic (exact) mass is 448 g/mol. The first-order valence-electron chi connectivity index (χ1n) is 8.42. The zero-order chi connectivity index (χ0) is 21.2. The Hall–Kier alpha value is -2.37. The predicted molar refractivity (Wildman–Crippen MR) is 100 cm³/mol. The van der Waals surface area contributed by atoms with Gasteiger partial charge in [0.25, 0.3) is 0 Å². The maximum Gasteiger partial charge on any atom is 0.417 e. The number of urea groups is 1. The molecule has 1 aliphatic rings. The summed E-state index contributed by atoms with van der Waals surface area (Å²) in [6.45, 7) is 0.0790. The van der Waals surface area contributed by atoms with Gasteiger partial charge in [-0.2, -0.15) is 17.5 Å². The maximum absolute atomic E-state index is 13.0. The summed E-state index contributed by atoms with van der Waals surface area (Å²) in [4.78, 5) is 17.1. The lowest BCUT2D eigenvalue weighted by Crippen LogP contribution is -2.51. The Bertz CT molecular complexity index is 995. The lowest BCUT2D eigenvalue weighted by Gasteiger charge is -2.34. The minimum absolute atomic E-state index is 0.0488. The zero-order valence-corrected chi connectivity index (χ0v) is 16.4. The molecule has 2 aromatic rings. The molecular weight excluding hydrogens is 433 g/mol. The number of carbonyl (C=O) groups excluding carboxylic acids is 1. The second-order valence-corrected chi connectivity index (χ2v) is 8.55. The molecule has 0 spiro atoms. The molecule has 1 aromatic carbocycles. The third kappa shape index (κ3) is 4.80. The van der Waals surface area contributed by atoms with Gasteiger partial charge in [0.05, 0.1) is 27.4 Å². The van der Waals surface area contributed by atoms with Crippen LogP contribution in [0.1, 0.15) is 5.56 Å². The summed E-state index contributed by atoms with van der Waals surface area (Å²) >= 11 is 5.55. The SMILES string of the molecule is O=C(Nc1cccnc1)N1CCN(S(=O)(=O)c2ccc(Cl)c(C(F)(F)F)c2)CC1. The van der Waals surface area contributed by atoms with Crippen LogP contribution in [0.5, 0.6) is 0 Å². The van der Waals surface area contributed by atoms with Crippen LogP contribution in [-0.2, 0) is 16.2 Å². The maximum atomic E-state index is 13.0. The number of anilines is 1. The molecule has 1 saturated heterocycles. The number of rotatable bonds is 3. The summed E-state index contributed by atoms with van der Waals surface area (Å²) in [6, 6.07) is 5.37. The van der Waals surface area contributed by atoms with E-state index in [1.54, 1.807) is 18.3 Å². The summed E-state index contributed by atoms with van der Waals surface area (Å²) < 4.78 is 65.6. The molecule has 0 atom stereocenters. The molecule has 0 saturated carbocycles. The highest BCUT2D eigenvalue weighted by Crippen LogP contribution is 2.36. The van der Waals surface area contributed by atoms with Gasteiger partial charge in [-0.05, 0) is 30.3 Å². The summed E-state index contributed by atoms with van der Waals surface area (Å²) in [5.74, 6) is 0. The van der Waals surface area contributed by atoms with E-state index in [1.807, 2.05) is 0 Å². The number of hydrogen-bond acceptors (Lipinski definition) is 4. The van der Waals surface area contributed by atoms with Crippen molar-refractivity contribution in [3.8, 4) is 0 Å². The molecule has 1 N–H and O–H groups in total. The highest BCUT2D eigenvalue weighted by molar-refractivity contribution is 7.89. The normalized spacial score (nSPS) is 15.9. The molecule has 1 aliphatic heterocycles. The number of aromatic nitrogens is 1. The van der Waals surface area contributed by atoms with Crippen LogP contribution in [0.25, 0.3) is 0 Å². The minimum atomic E-state index is -4.77. The first-order valence-corrected chi connectivity index (χ1v) is 10.2. The number of piperazine rings is 1. The predicted octanol–water partition coefficient (Wildman–Crippen LogP) is 3.29. The largest absolute Gasteiger partial charge is 0.417 e. The van der Waals surface area contributed by atoms with Gasteiger partial charge in [0, 0.05) is 32.4 Å². The van der Waals surface area contributed by atoms with Gasteiger partial charge in [-0.25, -0.2) is 13.2 Å². The molecule has 1 aromatic heterocycles. The molecule has 0 aliphatic carbocycles. The molecule has 1 fully saturated rings. The molecule has 3 rings (SSSR count). The van der Waals surface area contributed by atoms with Gasteiger partial charge in [-0.1, -0.05) is 11.6 Å². The molecule has 2 amide bonds. The van der Waals surface area contributed by atoms with Crippen molar-refractivity contribution in [2.45, 2.75) is 11.1 Å². The fourth-order valence-corrected chi connectivity index (χ4v) is 4.48. The topological polar surface area (TPSA) is 82.6 Å². The van der Waals surface area contributed by atoms with Crippen LogP contribution in [0, 0.1) is 0 Å². The van der Waals surface area contributed by atoms with Crippen LogP contribution >= 0.6 is 11.6 Å². The second-order valence-electron chi connectivity index (χ2n) is 6.20. The molecule has 0 unspecified atom stereocenters. The van der Waals surface area contributed by atoms with E-state index in [0.29, 0.717) is 11.8 Å². The number of alkyl halides is 3. The van der Waals surface area contributed by atoms with E-state index in [0.717, 1.165) is 16.4 Å². The molecular formula is C17H16ClF3N4O3S. The lowest BCUT2D eigenvalue weighted by atomic mass is 10.2. The van der Waals surface area contributed by atoms with Gasteiger partial charge in [-0.15, -0.1) is 0 Å². The average molecular weight is 449 g/mol. The molecule has 12 heteroatoms. The molecule has 29 heavy (non-hydrogen) atoms. The van der Waals surface area contributed by atoms with E-state index in [2.05, 4.69) is 10.3 Å². The number of nitrogens with zero attached hydrogens (tertiary/aromatic N) is 3. The fourth-order valence-electron chi connectivity index (χ4n) is 2.80. The molecule has 0 bridgehead atoms. The molecule has 0 radical (unpaired) electrons. The summed E-state index contributed by atoms with van der Waals surface area (Å²) in [7, 11) is -4.16. The summed E-state index contributed by atoms with van der Waals surface area (Å²) in [5, 5.41) is 2.07. The van der Waals surface area contributed by atoms with Crippen LogP contribution in [0.4, 0.5) is 23.7 Å². The Morgan fingerprint density at radius 3 is 2.41 bits per heavy atom. The Morgan fingerprint density at radius 2 is 1.83 bits per heavy atom. The standard InChI is InChI=1S/C17H16ClF3N4O3S/c18-15-4-3-13(10-14(15)17(19,20)21)29(27,28)25-8-6-24(7-9-25)16(26)23-12-2-1-5-22-11-12/h1-5,10-11H,6-9H2,(H,23,26).